The second-order valence-corrected chi connectivity index (χ2v) is 4.82. The lowest BCUT2D eigenvalue weighted by molar-refractivity contribution is 0.481. The number of hydrogen-bond acceptors (Lipinski definition) is 5. The van der Waals surface area contributed by atoms with Crippen molar-refractivity contribution in [3.05, 3.63) is 41.4 Å². The fraction of sp³-hybridized carbons (Fsp3) is 0.0714. The van der Waals surface area contributed by atoms with E-state index in [1.54, 1.807) is 24.5 Å². The number of aromatic nitrogens is 3. The molecule has 0 spiro atoms. The van der Waals surface area contributed by atoms with Gasteiger partial charge in [-0.15, -0.1) is 0 Å². The number of nitrogens with two attached hydrogens (primary N) is 1. The summed E-state index contributed by atoms with van der Waals surface area (Å²) >= 11 is 6.11. The lowest BCUT2D eigenvalue weighted by Gasteiger charge is -2.11. The quantitative estimate of drug-likeness (QED) is 0.718. The average molecular weight is 287 g/mol. The highest BCUT2D eigenvalue weighted by atomic mass is 35.5. The summed E-state index contributed by atoms with van der Waals surface area (Å²) in [5.41, 5.74) is 8.94. The number of fused-ring (bicyclic) bond motifs is 1. The van der Waals surface area contributed by atoms with Gasteiger partial charge in [0.15, 0.2) is 0 Å². The lowest BCUT2D eigenvalue weighted by atomic mass is 9.99. The van der Waals surface area contributed by atoms with Crippen LogP contribution in [0.4, 0.5) is 5.82 Å². The Bertz CT molecular complexity index is 811. The zero-order valence-corrected chi connectivity index (χ0v) is 11.4. The van der Waals surface area contributed by atoms with Crippen LogP contribution in [-0.4, -0.2) is 20.1 Å². The molecule has 0 aliphatic heterocycles. The molecule has 2 heterocycles. The third kappa shape index (κ3) is 1.83. The Balaban J connectivity index is 2.41. The molecule has 0 saturated heterocycles. The first-order valence-corrected chi connectivity index (χ1v) is 6.30. The number of nitrogens with zero attached hydrogens (tertiary/aromatic N) is 3. The van der Waals surface area contributed by atoms with Crippen LogP contribution in [0, 0.1) is 6.92 Å². The van der Waals surface area contributed by atoms with Gasteiger partial charge in [-0.25, -0.2) is 9.97 Å². The molecule has 0 amide bonds. The van der Waals surface area contributed by atoms with E-state index in [4.69, 9.17) is 17.3 Å². The van der Waals surface area contributed by atoms with Crippen LogP contribution in [0.25, 0.3) is 22.0 Å². The smallest absolute Gasteiger partial charge is 0.138 e. The second kappa shape index (κ2) is 4.61. The van der Waals surface area contributed by atoms with Crippen LogP contribution >= 0.6 is 11.6 Å². The zero-order chi connectivity index (χ0) is 14.3. The third-order valence-electron chi connectivity index (χ3n) is 3.24. The van der Waals surface area contributed by atoms with Crippen LogP contribution in [0.3, 0.4) is 0 Å². The molecule has 5 nitrogen and oxygen atoms in total. The molecule has 3 aromatic rings. The number of halogens is 1. The summed E-state index contributed by atoms with van der Waals surface area (Å²) in [6.07, 6.45) is 4.67. The highest BCUT2D eigenvalue weighted by molar-refractivity contribution is 6.31. The average Bonchev–Trinajstić information content (AvgIpc) is 2.43. The Hall–Kier alpha value is -2.40. The van der Waals surface area contributed by atoms with Crippen LogP contribution in [0.1, 0.15) is 5.56 Å². The Morgan fingerprint density at radius 1 is 1.15 bits per heavy atom. The molecule has 3 N–H and O–H groups in total. The van der Waals surface area contributed by atoms with Gasteiger partial charge in [0.1, 0.15) is 17.9 Å². The van der Waals surface area contributed by atoms with Crippen LogP contribution in [-0.2, 0) is 0 Å². The molecule has 0 radical (unpaired) electrons. The number of anilines is 1. The number of rotatable bonds is 1. The predicted molar refractivity (Wildman–Crippen MR) is 78.6 cm³/mol. The number of aromatic hydroxyl groups is 1. The van der Waals surface area contributed by atoms with Crippen molar-refractivity contribution in [1.29, 1.82) is 0 Å². The summed E-state index contributed by atoms with van der Waals surface area (Å²) in [6, 6.07) is 3.34. The minimum Gasteiger partial charge on any atom is -0.507 e. The third-order valence-corrected chi connectivity index (χ3v) is 3.62. The summed E-state index contributed by atoms with van der Waals surface area (Å²) in [6.45, 7) is 1.91. The van der Waals surface area contributed by atoms with Gasteiger partial charge in [-0.1, -0.05) is 11.6 Å². The van der Waals surface area contributed by atoms with Crippen molar-refractivity contribution >= 4 is 28.3 Å². The maximum atomic E-state index is 9.95. The van der Waals surface area contributed by atoms with Crippen LogP contribution < -0.4 is 5.73 Å². The minimum absolute atomic E-state index is 0.0505. The number of pyridine rings is 1. The highest BCUT2D eigenvalue weighted by Gasteiger charge is 2.14. The maximum Gasteiger partial charge on any atom is 0.138 e. The Morgan fingerprint density at radius 3 is 2.75 bits per heavy atom. The Morgan fingerprint density at radius 2 is 1.95 bits per heavy atom. The van der Waals surface area contributed by atoms with Crippen molar-refractivity contribution in [2.45, 2.75) is 6.92 Å². The molecule has 100 valence electrons. The Kier molecular flexibility index (Phi) is 2.91. The standard InChI is InChI=1S/C14H11ClN4O/c1-7-9(4-17-5-10(7)15)8-2-3-11(20)12-13(8)18-6-19-14(12)16/h2-6,20H,1H3,(H2,16,18,19). The monoisotopic (exact) mass is 286 g/mol. The predicted octanol–water partition coefficient (Wildman–Crippen LogP) is 2.94. The second-order valence-electron chi connectivity index (χ2n) is 4.41. The fourth-order valence-corrected chi connectivity index (χ4v) is 2.33. The topological polar surface area (TPSA) is 84.9 Å². The van der Waals surface area contributed by atoms with E-state index < -0.39 is 0 Å². The molecule has 6 heteroatoms. The van der Waals surface area contributed by atoms with Crippen molar-refractivity contribution in [3.8, 4) is 16.9 Å². The van der Waals surface area contributed by atoms with E-state index >= 15 is 0 Å². The molecule has 0 atom stereocenters. The highest BCUT2D eigenvalue weighted by Crippen LogP contribution is 2.36. The van der Waals surface area contributed by atoms with Crippen LogP contribution in [0.15, 0.2) is 30.9 Å². The van der Waals surface area contributed by atoms with Gasteiger partial charge in [-0.05, 0) is 24.6 Å². The fourth-order valence-electron chi connectivity index (χ4n) is 2.17. The molecule has 0 bridgehead atoms. The molecule has 0 saturated carbocycles. The summed E-state index contributed by atoms with van der Waals surface area (Å²) in [5, 5.41) is 11.0. The molecular weight excluding hydrogens is 276 g/mol. The number of benzene rings is 1. The first-order valence-electron chi connectivity index (χ1n) is 5.92. The van der Waals surface area contributed by atoms with Crippen molar-refractivity contribution in [2.24, 2.45) is 0 Å². The molecule has 20 heavy (non-hydrogen) atoms. The van der Waals surface area contributed by atoms with Crippen molar-refractivity contribution < 1.29 is 5.11 Å². The molecule has 0 unspecified atom stereocenters. The summed E-state index contributed by atoms with van der Waals surface area (Å²) < 4.78 is 0. The van der Waals surface area contributed by atoms with Gasteiger partial charge in [-0.3, -0.25) is 4.98 Å². The zero-order valence-electron chi connectivity index (χ0n) is 10.6. The van der Waals surface area contributed by atoms with Gasteiger partial charge < -0.3 is 10.8 Å². The summed E-state index contributed by atoms with van der Waals surface area (Å²) in [5.74, 6) is 0.288. The largest absolute Gasteiger partial charge is 0.507 e. The van der Waals surface area contributed by atoms with E-state index in [1.165, 1.54) is 6.33 Å². The van der Waals surface area contributed by atoms with E-state index in [2.05, 4.69) is 15.0 Å². The number of nitrogen functional groups attached to an aromatic ring is 1. The SMILES string of the molecule is Cc1c(Cl)cncc1-c1ccc(O)c2c(N)ncnc12. The normalized spacial score (nSPS) is 10.9. The van der Waals surface area contributed by atoms with Crippen molar-refractivity contribution in [2.75, 3.05) is 5.73 Å². The molecule has 2 aromatic heterocycles. The molecule has 0 aliphatic rings. The van der Waals surface area contributed by atoms with Crippen LogP contribution in [0.5, 0.6) is 5.75 Å². The number of phenols is 1. The van der Waals surface area contributed by atoms with E-state index in [9.17, 15) is 5.11 Å². The molecule has 3 rings (SSSR count). The first kappa shape index (κ1) is 12.6. The lowest BCUT2D eigenvalue weighted by Crippen LogP contribution is -1.96. The molecule has 1 aromatic carbocycles. The van der Waals surface area contributed by atoms with Crippen molar-refractivity contribution in [3.63, 3.8) is 0 Å². The minimum atomic E-state index is 0.0505. The molecular formula is C14H11ClN4O. The van der Waals surface area contributed by atoms with Gasteiger partial charge in [0.05, 0.1) is 15.9 Å². The Labute approximate surface area is 120 Å². The molecule has 0 fully saturated rings. The number of phenolic OH excluding ortho intramolecular Hbond substituents is 1. The van der Waals surface area contributed by atoms with E-state index in [-0.39, 0.29) is 11.6 Å². The van der Waals surface area contributed by atoms with Gasteiger partial charge in [0, 0.05) is 23.5 Å². The maximum absolute atomic E-state index is 9.95. The number of hydrogen-bond donors (Lipinski definition) is 2. The van der Waals surface area contributed by atoms with Gasteiger partial charge >= 0.3 is 0 Å². The van der Waals surface area contributed by atoms with Gasteiger partial charge in [-0.2, -0.15) is 0 Å². The molecule has 0 aliphatic carbocycles. The van der Waals surface area contributed by atoms with E-state index in [0.717, 1.165) is 16.7 Å². The van der Waals surface area contributed by atoms with E-state index in [0.29, 0.717) is 15.9 Å². The van der Waals surface area contributed by atoms with Gasteiger partial charge in [0.25, 0.3) is 0 Å². The summed E-state index contributed by atoms with van der Waals surface area (Å²) in [4.78, 5) is 12.2. The van der Waals surface area contributed by atoms with Crippen LogP contribution in [0.2, 0.25) is 5.02 Å². The van der Waals surface area contributed by atoms with Crippen molar-refractivity contribution in [1.82, 2.24) is 15.0 Å². The summed E-state index contributed by atoms with van der Waals surface area (Å²) in [7, 11) is 0. The first-order chi connectivity index (χ1) is 9.59. The van der Waals surface area contributed by atoms with Gasteiger partial charge in [0.2, 0.25) is 0 Å². The van der Waals surface area contributed by atoms with E-state index in [1.807, 2.05) is 6.92 Å².